The molecule has 4 aromatic carbocycles. The molecule has 0 saturated heterocycles. The van der Waals surface area contributed by atoms with Gasteiger partial charge < -0.3 is 16.0 Å². The molecule has 4 aromatic rings. The first-order valence-corrected chi connectivity index (χ1v) is 14.0. The first-order valence-electron chi connectivity index (χ1n) is 12.6. The molecule has 0 bridgehead atoms. The fourth-order valence-electron chi connectivity index (χ4n) is 4.73. The van der Waals surface area contributed by atoms with Crippen LogP contribution in [-0.4, -0.2) is 17.6 Å². The monoisotopic (exact) mass is 564 g/mol. The summed E-state index contributed by atoms with van der Waals surface area (Å²) in [6.07, 6.45) is 0. The van der Waals surface area contributed by atoms with Crippen LogP contribution in [0.25, 0.3) is 10.8 Å². The SMILES string of the molecule is CC1=C(C(=O)Nc2ccccc2)[C@@H](c2ccccc2Cl)C(C#N)=C(SCC(=O)Nc2cccc3ccccc23)N1. The number of benzene rings is 4. The molecule has 0 fully saturated rings. The van der Waals surface area contributed by atoms with Crippen LogP contribution in [0.5, 0.6) is 0 Å². The summed E-state index contributed by atoms with van der Waals surface area (Å²) in [5.74, 6) is -1.21. The molecule has 0 aliphatic carbocycles. The van der Waals surface area contributed by atoms with Crippen molar-refractivity contribution in [3.63, 3.8) is 0 Å². The third kappa shape index (κ3) is 5.74. The lowest BCUT2D eigenvalue weighted by molar-refractivity contribution is -0.114. The number of allylic oxidation sites excluding steroid dienone is 2. The van der Waals surface area contributed by atoms with Crippen molar-refractivity contribution in [3.8, 4) is 6.07 Å². The number of nitriles is 1. The minimum atomic E-state index is -0.715. The van der Waals surface area contributed by atoms with Gasteiger partial charge in [0.05, 0.1) is 28.3 Å². The van der Waals surface area contributed by atoms with E-state index in [1.807, 2.05) is 72.8 Å². The number of carbonyl (C=O) groups is 2. The molecule has 1 aliphatic heterocycles. The number of halogens is 1. The Hall–Kier alpha value is -4.51. The number of nitrogens with one attached hydrogen (secondary N) is 3. The summed E-state index contributed by atoms with van der Waals surface area (Å²) in [6, 6.07) is 32.2. The van der Waals surface area contributed by atoms with Crippen LogP contribution in [0.1, 0.15) is 18.4 Å². The zero-order valence-corrected chi connectivity index (χ0v) is 23.1. The van der Waals surface area contributed by atoms with Gasteiger partial charge in [-0.1, -0.05) is 96.2 Å². The maximum Gasteiger partial charge on any atom is 0.254 e. The molecule has 1 atom stereocenters. The number of carbonyl (C=O) groups excluding carboxylic acids is 2. The van der Waals surface area contributed by atoms with E-state index in [2.05, 4.69) is 22.0 Å². The van der Waals surface area contributed by atoms with Crippen molar-refractivity contribution in [1.29, 1.82) is 5.26 Å². The fraction of sp³-hybridized carbons (Fsp3) is 0.0938. The second-order valence-electron chi connectivity index (χ2n) is 9.16. The molecule has 6 nitrogen and oxygen atoms in total. The second kappa shape index (κ2) is 12.1. The van der Waals surface area contributed by atoms with Gasteiger partial charge in [-0.25, -0.2) is 0 Å². The summed E-state index contributed by atoms with van der Waals surface area (Å²) in [5.41, 5.74) is 3.28. The van der Waals surface area contributed by atoms with E-state index in [-0.39, 0.29) is 17.6 Å². The first kappa shape index (κ1) is 27.1. The van der Waals surface area contributed by atoms with Gasteiger partial charge in [0, 0.05) is 33.1 Å². The Morgan fingerprint density at radius 2 is 1.62 bits per heavy atom. The number of anilines is 2. The van der Waals surface area contributed by atoms with E-state index in [0.717, 1.165) is 16.5 Å². The van der Waals surface area contributed by atoms with E-state index in [0.29, 0.717) is 38.1 Å². The first-order chi connectivity index (χ1) is 19.5. The molecule has 5 rings (SSSR count). The standard InChI is InChI=1S/C32H25ClN4O2S/c1-20-29(31(39)36-22-12-3-2-4-13-22)30(24-15-7-8-16-26(24)33)25(18-34)32(35-20)40-19-28(38)37-27-17-9-11-21-10-5-6-14-23(21)27/h2-17,30,35H,19H2,1H3,(H,36,39)(H,37,38)/t30-/m0/s1. The van der Waals surface area contributed by atoms with Crippen molar-refractivity contribution in [2.45, 2.75) is 12.8 Å². The van der Waals surface area contributed by atoms with Crippen LogP contribution in [0.4, 0.5) is 11.4 Å². The fourth-order valence-corrected chi connectivity index (χ4v) is 5.86. The molecule has 198 valence electrons. The second-order valence-corrected chi connectivity index (χ2v) is 10.5. The maximum absolute atomic E-state index is 13.6. The normalized spacial score (nSPS) is 14.9. The highest BCUT2D eigenvalue weighted by molar-refractivity contribution is 8.03. The van der Waals surface area contributed by atoms with E-state index in [9.17, 15) is 14.9 Å². The Kier molecular flexibility index (Phi) is 8.20. The number of hydrogen-bond donors (Lipinski definition) is 3. The lowest BCUT2D eigenvalue weighted by atomic mass is 9.82. The van der Waals surface area contributed by atoms with Gasteiger partial charge >= 0.3 is 0 Å². The summed E-state index contributed by atoms with van der Waals surface area (Å²) < 4.78 is 0. The van der Waals surface area contributed by atoms with Crippen molar-refractivity contribution in [2.75, 3.05) is 16.4 Å². The number of rotatable bonds is 7. The Morgan fingerprint density at radius 3 is 2.40 bits per heavy atom. The third-order valence-corrected chi connectivity index (χ3v) is 7.91. The summed E-state index contributed by atoms with van der Waals surface area (Å²) in [6.45, 7) is 1.79. The molecule has 8 heteroatoms. The van der Waals surface area contributed by atoms with Crippen LogP contribution in [0.15, 0.2) is 119 Å². The summed E-state index contributed by atoms with van der Waals surface area (Å²) in [4.78, 5) is 26.6. The lowest BCUT2D eigenvalue weighted by Crippen LogP contribution is -2.31. The van der Waals surface area contributed by atoms with E-state index >= 15 is 0 Å². The van der Waals surface area contributed by atoms with Crippen LogP contribution < -0.4 is 16.0 Å². The van der Waals surface area contributed by atoms with Crippen LogP contribution in [0.3, 0.4) is 0 Å². The van der Waals surface area contributed by atoms with Gasteiger partial charge in [0.2, 0.25) is 5.91 Å². The quantitative estimate of drug-likeness (QED) is 0.221. The van der Waals surface area contributed by atoms with E-state index in [1.54, 1.807) is 31.2 Å². The highest BCUT2D eigenvalue weighted by Gasteiger charge is 2.36. The van der Waals surface area contributed by atoms with Gasteiger partial charge in [-0.2, -0.15) is 5.26 Å². The zero-order valence-electron chi connectivity index (χ0n) is 21.6. The predicted molar refractivity (Wildman–Crippen MR) is 163 cm³/mol. The Labute approximate surface area is 241 Å². The molecule has 3 N–H and O–H groups in total. The average Bonchev–Trinajstić information content (AvgIpc) is 2.96. The van der Waals surface area contributed by atoms with Crippen LogP contribution in [-0.2, 0) is 9.59 Å². The third-order valence-electron chi connectivity index (χ3n) is 6.55. The molecule has 1 heterocycles. The Morgan fingerprint density at radius 1 is 0.925 bits per heavy atom. The van der Waals surface area contributed by atoms with E-state index in [4.69, 9.17) is 11.6 Å². The molecule has 0 aromatic heterocycles. The van der Waals surface area contributed by atoms with Gasteiger partial charge in [0.1, 0.15) is 0 Å². The zero-order chi connectivity index (χ0) is 28.1. The van der Waals surface area contributed by atoms with Crippen molar-refractivity contribution in [1.82, 2.24) is 5.32 Å². The van der Waals surface area contributed by atoms with Gasteiger partial charge in [0.15, 0.2) is 0 Å². The highest BCUT2D eigenvalue weighted by atomic mass is 35.5. The van der Waals surface area contributed by atoms with E-state index < -0.39 is 5.92 Å². The van der Waals surface area contributed by atoms with Crippen LogP contribution in [0.2, 0.25) is 5.02 Å². The van der Waals surface area contributed by atoms with E-state index in [1.165, 1.54) is 11.8 Å². The number of dihydropyridines is 1. The number of fused-ring (bicyclic) bond motifs is 1. The molecular weight excluding hydrogens is 540 g/mol. The number of nitrogens with zero attached hydrogens (tertiary/aromatic N) is 1. The van der Waals surface area contributed by atoms with Gasteiger partial charge in [-0.15, -0.1) is 0 Å². The average molecular weight is 565 g/mol. The summed E-state index contributed by atoms with van der Waals surface area (Å²) in [5, 5.41) is 22.4. The van der Waals surface area contributed by atoms with Crippen LogP contribution in [0, 0.1) is 11.3 Å². The minimum absolute atomic E-state index is 0.0603. The molecule has 0 spiro atoms. The molecular formula is C32H25ClN4O2S. The van der Waals surface area contributed by atoms with Crippen LogP contribution >= 0.6 is 23.4 Å². The van der Waals surface area contributed by atoms with Crippen molar-refractivity contribution in [3.05, 3.63) is 130 Å². The Bertz CT molecular complexity index is 1700. The molecule has 0 unspecified atom stereocenters. The Balaban J connectivity index is 1.43. The number of hydrogen-bond acceptors (Lipinski definition) is 5. The van der Waals surface area contributed by atoms with Crippen molar-refractivity contribution < 1.29 is 9.59 Å². The lowest BCUT2D eigenvalue weighted by Gasteiger charge is -2.30. The predicted octanol–water partition coefficient (Wildman–Crippen LogP) is 7.20. The van der Waals surface area contributed by atoms with Gasteiger partial charge in [-0.05, 0) is 42.1 Å². The highest BCUT2D eigenvalue weighted by Crippen LogP contribution is 2.43. The van der Waals surface area contributed by atoms with Crippen molar-refractivity contribution >= 4 is 57.3 Å². The number of amides is 2. The topological polar surface area (TPSA) is 94.0 Å². The van der Waals surface area contributed by atoms with Gasteiger partial charge in [0.25, 0.3) is 5.91 Å². The number of para-hydroxylation sites is 1. The summed E-state index contributed by atoms with van der Waals surface area (Å²) in [7, 11) is 0. The maximum atomic E-state index is 13.6. The van der Waals surface area contributed by atoms with Crippen molar-refractivity contribution in [2.24, 2.45) is 0 Å². The molecule has 0 saturated carbocycles. The largest absolute Gasteiger partial charge is 0.353 e. The minimum Gasteiger partial charge on any atom is -0.353 e. The van der Waals surface area contributed by atoms with Gasteiger partial charge in [-0.3, -0.25) is 9.59 Å². The molecule has 2 amide bonds. The molecule has 40 heavy (non-hydrogen) atoms. The smallest absolute Gasteiger partial charge is 0.254 e. The summed E-state index contributed by atoms with van der Waals surface area (Å²) >= 11 is 7.81. The molecule has 0 radical (unpaired) electrons. The molecule has 1 aliphatic rings. The number of thioether (sulfide) groups is 1.